The van der Waals surface area contributed by atoms with Crippen LogP contribution in [0.5, 0.6) is 11.5 Å². The minimum absolute atomic E-state index is 0.0937. The molecular formula is C21H25FN2O3. The molecule has 0 aliphatic carbocycles. The van der Waals surface area contributed by atoms with Crippen LogP contribution in [0.4, 0.5) is 10.1 Å². The molecule has 1 heterocycles. The zero-order valence-electron chi connectivity index (χ0n) is 15.8. The van der Waals surface area contributed by atoms with E-state index < -0.39 is 0 Å². The molecule has 0 radical (unpaired) electrons. The summed E-state index contributed by atoms with van der Waals surface area (Å²) in [5.41, 5.74) is 1.50. The molecule has 144 valence electrons. The van der Waals surface area contributed by atoms with Crippen molar-refractivity contribution in [1.82, 2.24) is 4.90 Å². The fourth-order valence-electron chi connectivity index (χ4n) is 3.47. The molecule has 27 heavy (non-hydrogen) atoms. The second-order valence-electron chi connectivity index (χ2n) is 6.46. The first-order valence-corrected chi connectivity index (χ1v) is 9.11. The standard InChI is InChI=1S/C21H25FN2O3/c1-26-19-8-5-9-20(27-2)16(19)10-11-21(25)24-14-12-23(13-15-24)18-7-4-3-6-17(18)22/h3-9H,10-15H2,1-2H3. The number of benzene rings is 2. The summed E-state index contributed by atoms with van der Waals surface area (Å²) in [6.07, 6.45) is 0.940. The van der Waals surface area contributed by atoms with Crippen molar-refractivity contribution in [3.63, 3.8) is 0 Å². The topological polar surface area (TPSA) is 42.0 Å². The largest absolute Gasteiger partial charge is 0.496 e. The molecule has 3 rings (SSSR count). The van der Waals surface area contributed by atoms with Gasteiger partial charge in [-0.25, -0.2) is 4.39 Å². The fourth-order valence-corrected chi connectivity index (χ4v) is 3.47. The highest BCUT2D eigenvalue weighted by Crippen LogP contribution is 2.29. The van der Waals surface area contributed by atoms with Crippen molar-refractivity contribution in [2.24, 2.45) is 0 Å². The van der Waals surface area contributed by atoms with Gasteiger partial charge >= 0.3 is 0 Å². The number of hydrogen-bond acceptors (Lipinski definition) is 4. The van der Waals surface area contributed by atoms with E-state index in [1.165, 1.54) is 6.07 Å². The van der Waals surface area contributed by atoms with Crippen LogP contribution in [0.3, 0.4) is 0 Å². The van der Waals surface area contributed by atoms with Gasteiger partial charge in [0, 0.05) is 38.2 Å². The smallest absolute Gasteiger partial charge is 0.223 e. The third kappa shape index (κ3) is 4.32. The lowest BCUT2D eigenvalue weighted by Crippen LogP contribution is -2.49. The average Bonchev–Trinajstić information content (AvgIpc) is 2.72. The number of amides is 1. The summed E-state index contributed by atoms with van der Waals surface area (Å²) in [6, 6.07) is 12.4. The van der Waals surface area contributed by atoms with Gasteiger partial charge in [0.05, 0.1) is 19.9 Å². The molecule has 6 heteroatoms. The summed E-state index contributed by atoms with van der Waals surface area (Å²) in [5, 5.41) is 0. The average molecular weight is 372 g/mol. The highest BCUT2D eigenvalue weighted by molar-refractivity contribution is 5.77. The van der Waals surface area contributed by atoms with E-state index in [1.807, 2.05) is 34.1 Å². The summed E-state index contributed by atoms with van der Waals surface area (Å²) in [5.74, 6) is 1.33. The highest BCUT2D eigenvalue weighted by atomic mass is 19.1. The molecule has 1 amide bonds. The second kappa shape index (κ2) is 8.75. The van der Waals surface area contributed by atoms with Crippen LogP contribution in [0.25, 0.3) is 0 Å². The Hall–Kier alpha value is -2.76. The molecule has 0 aromatic heterocycles. The van der Waals surface area contributed by atoms with E-state index in [4.69, 9.17) is 9.47 Å². The first-order valence-electron chi connectivity index (χ1n) is 9.11. The zero-order chi connectivity index (χ0) is 19.2. The molecule has 0 bridgehead atoms. The van der Waals surface area contributed by atoms with Crippen LogP contribution in [-0.4, -0.2) is 51.2 Å². The Labute approximate surface area is 159 Å². The van der Waals surface area contributed by atoms with Crippen molar-refractivity contribution >= 4 is 11.6 Å². The Morgan fingerprint density at radius 1 is 0.963 bits per heavy atom. The maximum Gasteiger partial charge on any atom is 0.223 e. The number of carbonyl (C=O) groups is 1. The summed E-state index contributed by atoms with van der Waals surface area (Å²) in [4.78, 5) is 16.5. The Balaban J connectivity index is 1.57. The third-order valence-electron chi connectivity index (χ3n) is 4.94. The van der Waals surface area contributed by atoms with E-state index in [-0.39, 0.29) is 11.7 Å². The first kappa shape index (κ1) is 19.0. The van der Waals surface area contributed by atoms with Gasteiger partial charge in [0.25, 0.3) is 0 Å². The van der Waals surface area contributed by atoms with Gasteiger partial charge in [0.2, 0.25) is 5.91 Å². The maximum absolute atomic E-state index is 13.9. The SMILES string of the molecule is COc1cccc(OC)c1CCC(=O)N1CCN(c2ccccc2F)CC1. The van der Waals surface area contributed by atoms with E-state index in [0.29, 0.717) is 44.7 Å². The molecule has 0 spiro atoms. The first-order chi connectivity index (χ1) is 13.1. The molecule has 1 aliphatic rings. The number of anilines is 1. The van der Waals surface area contributed by atoms with Crippen molar-refractivity contribution in [3.8, 4) is 11.5 Å². The molecule has 0 N–H and O–H groups in total. The fraction of sp³-hybridized carbons (Fsp3) is 0.381. The lowest BCUT2D eigenvalue weighted by molar-refractivity contribution is -0.131. The van der Waals surface area contributed by atoms with Crippen LogP contribution in [0.1, 0.15) is 12.0 Å². The molecular weight excluding hydrogens is 347 g/mol. The van der Waals surface area contributed by atoms with Crippen LogP contribution < -0.4 is 14.4 Å². The van der Waals surface area contributed by atoms with Gasteiger partial charge in [0.15, 0.2) is 0 Å². The van der Waals surface area contributed by atoms with Gasteiger partial charge in [-0.05, 0) is 30.7 Å². The number of para-hydroxylation sites is 1. The normalized spacial score (nSPS) is 14.2. The van der Waals surface area contributed by atoms with Crippen molar-refractivity contribution in [1.29, 1.82) is 0 Å². The predicted molar refractivity (Wildman–Crippen MR) is 103 cm³/mol. The van der Waals surface area contributed by atoms with Crippen LogP contribution in [0.15, 0.2) is 42.5 Å². The van der Waals surface area contributed by atoms with Gasteiger partial charge in [-0.1, -0.05) is 18.2 Å². The Kier molecular flexibility index (Phi) is 6.16. The zero-order valence-corrected chi connectivity index (χ0v) is 15.8. The van der Waals surface area contributed by atoms with E-state index in [9.17, 15) is 9.18 Å². The predicted octanol–water partition coefficient (Wildman–Crippen LogP) is 3.12. The second-order valence-corrected chi connectivity index (χ2v) is 6.46. The van der Waals surface area contributed by atoms with Gasteiger partial charge in [-0.3, -0.25) is 4.79 Å². The van der Waals surface area contributed by atoms with E-state index >= 15 is 0 Å². The van der Waals surface area contributed by atoms with Crippen molar-refractivity contribution in [2.45, 2.75) is 12.8 Å². The molecule has 1 fully saturated rings. The molecule has 0 saturated carbocycles. The quantitative estimate of drug-likeness (QED) is 0.781. The number of nitrogens with zero attached hydrogens (tertiary/aromatic N) is 2. The van der Waals surface area contributed by atoms with E-state index in [2.05, 4.69) is 0 Å². The van der Waals surface area contributed by atoms with Crippen molar-refractivity contribution in [2.75, 3.05) is 45.3 Å². The number of hydrogen-bond donors (Lipinski definition) is 0. The number of carbonyl (C=O) groups excluding carboxylic acids is 1. The number of rotatable bonds is 6. The maximum atomic E-state index is 13.9. The number of halogens is 1. The summed E-state index contributed by atoms with van der Waals surface area (Å²) >= 11 is 0. The van der Waals surface area contributed by atoms with Gasteiger partial charge < -0.3 is 19.3 Å². The lowest BCUT2D eigenvalue weighted by Gasteiger charge is -2.36. The highest BCUT2D eigenvalue weighted by Gasteiger charge is 2.23. The van der Waals surface area contributed by atoms with E-state index in [1.54, 1.807) is 26.4 Å². The molecule has 2 aromatic carbocycles. The summed E-state index contributed by atoms with van der Waals surface area (Å²) < 4.78 is 24.7. The third-order valence-corrected chi connectivity index (χ3v) is 4.94. The van der Waals surface area contributed by atoms with Crippen LogP contribution in [0, 0.1) is 5.82 Å². The Bertz CT molecular complexity index is 766. The molecule has 2 aromatic rings. The molecule has 1 aliphatic heterocycles. The summed E-state index contributed by atoms with van der Waals surface area (Å²) in [6.45, 7) is 2.45. The van der Waals surface area contributed by atoms with Gasteiger partial charge in [-0.15, -0.1) is 0 Å². The molecule has 0 atom stereocenters. The summed E-state index contributed by atoms with van der Waals surface area (Å²) in [7, 11) is 3.23. The number of piperazine rings is 1. The van der Waals surface area contributed by atoms with Crippen LogP contribution >= 0.6 is 0 Å². The van der Waals surface area contributed by atoms with Crippen molar-refractivity contribution in [3.05, 3.63) is 53.8 Å². The monoisotopic (exact) mass is 372 g/mol. The Morgan fingerprint density at radius 2 is 1.59 bits per heavy atom. The van der Waals surface area contributed by atoms with Crippen LogP contribution in [-0.2, 0) is 11.2 Å². The van der Waals surface area contributed by atoms with Crippen molar-refractivity contribution < 1.29 is 18.7 Å². The molecule has 5 nitrogen and oxygen atoms in total. The van der Waals surface area contributed by atoms with E-state index in [0.717, 1.165) is 17.1 Å². The molecule has 1 saturated heterocycles. The van der Waals surface area contributed by atoms with Gasteiger partial charge in [0.1, 0.15) is 17.3 Å². The van der Waals surface area contributed by atoms with Crippen LogP contribution in [0.2, 0.25) is 0 Å². The Morgan fingerprint density at radius 3 is 2.19 bits per heavy atom. The lowest BCUT2D eigenvalue weighted by atomic mass is 10.1. The molecule has 0 unspecified atom stereocenters. The number of methoxy groups -OCH3 is 2. The minimum Gasteiger partial charge on any atom is -0.496 e. The minimum atomic E-state index is -0.222. The van der Waals surface area contributed by atoms with Gasteiger partial charge in [-0.2, -0.15) is 0 Å². The number of ether oxygens (including phenoxy) is 2.